The lowest BCUT2D eigenvalue weighted by Gasteiger charge is -2.32. The first kappa shape index (κ1) is 25.4. The van der Waals surface area contributed by atoms with Gasteiger partial charge in [-0.05, 0) is 28.5 Å². The fourth-order valence-corrected chi connectivity index (χ4v) is 6.11. The van der Waals surface area contributed by atoms with E-state index >= 15 is 0 Å². The van der Waals surface area contributed by atoms with Crippen LogP contribution in [-0.4, -0.2) is 55.4 Å². The molecule has 1 aliphatic heterocycles. The Hall–Kier alpha value is -2.69. The van der Waals surface area contributed by atoms with Gasteiger partial charge in [-0.3, -0.25) is 0 Å². The van der Waals surface area contributed by atoms with Gasteiger partial charge in [0.2, 0.25) is 0 Å². The maximum atomic E-state index is 13.6. The number of quaternary nitrogens is 1. The molecule has 5 nitrogen and oxygen atoms in total. The standard InChI is InChI=1S/C25H25F3NO4S2/c1-29(13-11-18-7-3-2-4-8-18)14-12-19(17-29)32-22(30)24(20-9-5-15-34-20,21-10-6-16-35-21)33-23(31)25(26,27)28/h2-10,15-16,19H,11-14,17H2,1H3/q+1. The van der Waals surface area contributed by atoms with Crippen molar-refractivity contribution in [1.29, 1.82) is 0 Å². The zero-order valence-corrected chi connectivity index (χ0v) is 20.6. The first-order valence-corrected chi connectivity index (χ1v) is 12.8. The molecule has 1 fully saturated rings. The van der Waals surface area contributed by atoms with Crippen LogP contribution < -0.4 is 0 Å². The number of esters is 2. The van der Waals surface area contributed by atoms with E-state index in [0.29, 0.717) is 17.4 Å². The summed E-state index contributed by atoms with van der Waals surface area (Å²) in [7, 11) is 2.08. The Labute approximate surface area is 209 Å². The van der Waals surface area contributed by atoms with Crippen LogP contribution >= 0.6 is 22.7 Å². The topological polar surface area (TPSA) is 52.6 Å². The third-order valence-corrected chi connectivity index (χ3v) is 8.13. The van der Waals surface area contributed by atoms with Crippen molar-refractivity contribution in [3.63, 3.8) is 0 Å². The van der Waals surface area contributed by atoms with E-state index in [1.807, 2.05) is 18.2 Å². The van der Waals surface area contributed by atoms with Gasteiger partial charge in [-0.1, -0.05) is 42.5 Å². The second-order valence-corrected chi connectivity index (χ2v) is 10.7. The summed E-state index contributed by atoms with van der Waals surface area (Å²) in [5, 5.41) is 3.22. The lowest BCUT2D eigenvalue weighted by molar-refractivity contribution is -0.898. The fraction of sp³-hybridized carbons (Fsp3) is 0.360. The summed E-state index contributed by atoms with van der Waals surface area (Å²) in [6.07, 6.45) is -4.35. The number of thiophene rings is 2. The number of carbonyl (C=O) groups excluding carboxylic acids is 2. The minimum atomic E-state index is -5.26. The summed E-state index contributed by atoms with van der Waals surface area (Å²) in [6.45, 7) is 2.12. The zero-order chi connectivity index (χ0) is 25.1. The van der Waals surface area contributed by atoms with Crippen LogP contribution in [0.25, 0.3) is 0 Å². The molecule has 0 aliphatic carbocycles. The lowest BCUT2D eigenvalue weighted by Crippen LogP contribution is -2.47. The van der Waals surface area contributed by atoms with Crippen molar-refractivity contribution in [3.05, 3.63) is 80.7 Å². The largest absolute Gasteiger partial charge is 0.490 e. The van der Waals surface area contributed by atoms with E-state index in [0.717, 1.165) is 42.2 Å². The van der Waals surface area contributed by atoms with Gasteiger partial charge in [0.1, 0.15) is 6.54 Å². The summed E-state index contributed by atoms with van der Waals surface area (Å²) in [5.74, 6) is -3.45. The predicted octanol–water partition coefficient (Wildman–Crippen LogP) is 5.16. The molecular weight excluding hydrogens is 499 g/mol. The number of alkyl halides is 3. The van der Waals surface area contributed by atoms with Crippen LogP contribution in [0.3, 0.4) is 0 Å². The molecule has 1 saturated heterocycles. The van der Waals surface area contributed by atoms with E-state index in [-0.39, 0.29) is 9.75 Å². The molecule has 3 heterocycles. The zero-order valence-electron chi connectivity index (χ0n) is 19.0. The van der Waals surface area contributed by atoms with E-state index in [4.69, 9.17) is 9.47 Å². The first-order valence-electron chi connectivity index (χ1n) is 11.1. The first-order chi connectivity index (χ1) is 16.6. The average Bonchev–Trinajstić information content (AvgIpc) is 3.59. The van der Waals surface area contributed by atoms with E-state index in [9.17, 15) is 22.8 Å². The molecule has 0 radical (unpaired) electrons. The third kappa shape index (κ3) is 5.60. The Morgan fingerprint density at radius 1 is 0.971 bits per heavy atom. The molecule has 1 aromatic carbocycles. The van der Waals surface area contributed by atoms with Crippen LogP contribution in [0.4, 0.5) is 13.2 Å². The molecule has 186 valence electrons. The predicted molar refractivity (Wildman–Crippen MR) is 127 cm³/mol. The van der Waals surface area contributed by atoms with Gasteiger partial charge in [-0.15, -0.1) is 22.7 Å². The molecule has 2 aromatic heterocycles. The molecule has 0 saturated carbocycles. The summed E-state index contributed by atoms with van der Waals surface area (Å²) in [6, 6.07) is 16.2. The maximum absolute atomic E-state index is 13.6. The minimum Gasteiger partial charge on any atom is -0.453 e. The molecule has 0 bridgehead atoms. The average molecular weight is 525 g/mol. The van der Waals surface area contributed by atoms with Gasteiger partial charge in [-0.25, -0.2) is 9.59 Å². The van der Waals surface area contributed by atoms with Crippen LogP contribution in [0, 0.1) is 0 Å². The second kappa shape index (κ2) is 10.1. The quantitative estimate of drug-likeness (QED) is 0.302. The molecule has 4 rings (SSSR count). The number of hydrogen-bond acceptors (Lipinski definition) is 6. The monoisotopic (exact) mass is 524 g/mol. The van der Waals surface area contributed by atoms with Crippen LogP contribution in [0.1, 0.15) is 21.7 Å². The minimum absolute atomic E-state index is 0.155. The molecule has 35 heavy (non-hydrogen) atoms. The van der Waals surface area contributed by atoms with Gasteiger partial charge < -0.3 is 14.0 Å². The van der Waals surface area contributed by atoms with Crippen molar-refractivity contribution < 1.29 is 36.7 Å². The Balaban J connectivity index is 1.56. The van der Waals surface area contributed by atoms with Crippen molar-refractivity contribution >= 4 is 34.6 Å². The molecular formula is C25H25F3NO4S2+. The maximum Gasteiger partial charge on any atom is 0.490 e. The van der Waals surface area contributed by atoms with Gasteiger partial charge in [0.05, 0.1) is 29.9 Å². The number of halogens is 3. The van der Waals surface area contributed by atoms with Crippen molar-refractivity contribution in [2.24, 2.45) is 0 Å². The molecule has 0 N–H and O–H groups in total. The number of ether oxygens (including phenoxy) is 2. The van der Waals surface area contributed by atoms with Crippen LogP contribution in [0.2, 0.25) is 0 Å². The summed E-state index contributed by atoms with van der Waals surface area (Å²) in [4.78, 5) is 25.9. The van der Waals surface area contributed by atoms with Crippen molar-refractivity contribution in [2.75, 3.05) is 26.7 Å². The SMILES string of the molecule is C[N+]1(CCc2ccccc2)CCC(OC(=O)C(OC(=O)C(F)(F)F)(c2cccs2)c2cccs2)C1. The highest BCUT2D eigenvalue weighted by Gasteiger charge is 2.55. The van der Waals surface area contributed by atoms with Crippen LogP contribution in [-0.2, 0) is 31.1 Å². The number of hydrogen-bond donors (Lipinski definition) is 0. The number of nitrogens with zero attached hydrogens (tertiary/aromatic N) is 1. The Kier molecular flexibility index (Phi) is 7.35. The number of likely N-dealkylation sites (tertiary alicyclic amines) is 1. The van der Waals surface area contributed by atoms with Crippen molar-refractivity contribution in [1.82, 2.24) is 0 Å². The van der Waals surface area contributed by atoms with Gasteiger partial charge >= 0.3 is 18.1 Å². The highest BCUT2D eigenvalue weighted by molar-refractivity contribution is 7.12. The Bertz CT molecular complexity index is 1100. The molecule has 10 heteroatoms. The molecule has 3 aromatic rings. The Morgan fingerprint density at radius 2 is 1.60 bits per heavy atom. The van der Waals surface area contributed by atoms with Crippen LogP contribution in [0.5, 0.6) is 0 Å². The molecule has 2 unspecified atom stereocenters. The molecule has 2 atom stereocenters. The lowest BCUT2D eigenvalue weighted by atomic mass is 9.99. The molecule has 0 amide bonds. The Morgan fingerprint density at radius 3 is 2.14 bits per heavy atom. The van der Waals surface area contributed by atoms with Crippen molar-refractivity contribution in [3.8, 4) is 0 Å². The van der Waals surface area contributed by atoms with Crippen molar-refractivity contribution in [2.45, 2.75) is 30.7 Å². The number of benzene rings is 1. The van der Waals surface area contributed by atoms with E-state index < -0.39 is 29.8 Å². The highest BCUT2D eigenvalue weighted by atomic mass is 32.1. The number of likely N-dealkylation sites (N-methyl/N-ethyl adjacent to an activating group) is 1. The third-order valence-electron chi connectivity index (χ3n) is 6.19. The van der Waals surface area contributed by atoms with Gasteiger partial charge in [0.25, 0.3) is 5.60 Å². The summed E-state index contributed by atoms with van der Waals surface area (Å²) < 4.78 is 51.2. The molecule has 1 aliphatic rings. The van der Waals surface area contributed by atoms with E-state index in [1.165, 1.54) is 17.7 Å². The highest BCUT2D eigenvalue weighted by Crippen LogP contribution is 2.42. The van der Waals surface area contributed by atoms with E-state index in [1.54, 1.807) is 22.9 Å². The fourth-order valence-electron chi connectivity index (χ4n) is 4.33. The summed E-state index contributed by atoms with van der Waals surface area (Å²) in [5.41, 5.74) is -1.11. The normalized spacial score (nSPS) is 20.5. The second-order valence-electron chi connectivity index (χ2n) is 8.82. The van der Waals surface area contributed by atoms with Gasteiger partial charge in [0.15, 0.2) is 6.10 Å². The smallest absolute Gasteiger partial charge is 0.453 e. The number of carbonyl (C=O) groups is 2. The van der Waals surface area contributed by atoms with Crippen LogP contribution in [0.15, 0.2) is 65.4 Å². The summed E-state index contributed by atoms with van der Waals surface area (Å²) >= 11 is 2.06. The van der Waals surface area contributed by atoms with E-state index in [2.05, 4.69) is 19.2 Å². The number of rotatable bonds is 8. The van der Waals surface area contributed by atoms with Gasteiger partial charge in [0, 0.05) is 12.8 Å². The van der Waals surface area contributed by atoms with Gasteiger partial charge in [-0.2, -0.15) is 13.2 Å². The molecule has 0 spiro atoms.